The largest absolute Gasteiger partial charge is 0.488 e. The van der Waals surface area contributed by atoms with Crippen molar-refractivity contribution in [3.8, 4) is 5.75 Å². The highest BCUT2D eigenvalue weighted by Gasteiger charge is 2.42. The summed E-state index contributed by atoms with van der Waals surface area (Å²) in [7, 11) is -3.74. The smallest absolute Gasteiger partial charge is 0.269 e. The van der Waals surface area contributed by atoms with E-state index in [0.29, 0.717) is 25.9 Å². The third-order valence-electron chi connectivity index (χ3n) is 3.74. The lowest BCUT2D eigenvalue weighted by atomic mass is 9.90. The molecule has 0 radical (unpaired) electrons. The van der Waals surface area contributed by atoms with Gasteiger partial charge >= 0.3 is 0 Å². The van der Waals surface area contributed by atoms with Crippen molar-refractivity contribution in [2.24, 2.45) is 5.73 Å². The van der Waals surface area contributed by atoms with Crippen LogP contribution in [-0.4, -0.2) is 44.5 Å². The average Bonchev–Trinajstić information content (AvgIpc) is 2.78. The van der Waals surface area contributed by atoms with E-state index in [0.717, 1.165) is 0 Å². The molecule has 1 spiro atoms. The number of H-pyrrole nitrogens is 1. The standard InChI is InChI=1S/C11H16N4O4S/c12-10(16)8-9-7(5-14-8)20(17,18)15-11(6-19-9)1-3-13-4-2-11/h5,13-15H,1-4,6H2,(H2,12,16). The van der Waals surface area contributed by atoms with Crippen molar-refractivity contribution in [1.29, 1.82) is 0 Å². The van der Waals surface area contributed by atoms with E-state index in [1.807, 2.05) is 0 Å². The molecule has 2 aliphatic rings. The van der Waals surface area contributed by atoms with Gasteiger partial charge in [-0.05, 0) is 25.9 Å². The Kier molecular flexibility index (Phi) is 3.00. The van der Waals surface area contributed by atoms with Gasteiger partial charge in [0.2, 0.25) is 10.0 Å². The molecule has 0 atom stereocenters. The summed E-state index contributed by atoms with van der Waals surface area (Å²) >= 11 is 0. The molecule has 1 amide bonds. The second-order valence-electron chi connectivity index (χ2n) is 5.15. The van der Waals surface area contributed by atoms with Crippen molar-refractivity contribution in [3.63, 3.8) is 0 Å². The molecule has 0 unspecified atom stereocenters. The molecule has 3 heterocycles. The molecule has 5 N–H and O–H groups in total. The van der Waals surface area contributed by atoms with Crippen molar-refractivity contribution in [2.75, 3.05) is 19.7 Å². The summed E-state index contributed by atoms with van der Waals surface area (Å²) in [6.45, 7) is 1.61. The summed E-state index contributed by atoms with van der Waals surface area (Å²) in [4.78, 5) is 13.8. The molecule has 0 aliphatic carbocycles. The Morgan fingerprint density at radius 2 is 2.05 bits per heavy atom. The number of nitrogens with one attached hydrogen (secondary N) is 3. The highest BCUT2D eigenvalue weighted by Crippen LogP contribution is 2.34. The maximum Gasteiger partial charge on any atom is 0.269 e. The lowest BCUT2D eigenvalue weighted by Crippen LogP contribution is -2.56. The van der Waals surface area contributed by atoms with E-state index in [4.69, 9.17) is 10.5 Å². The fraction of sp³-hybridized carbons (Fsp3) is 0.545. The number of rotatable bonds is 1. The number of piperidine rings is 1. The van der Waals surface area contributed by atoms with Crippen molar-refractivity contribution >= 4 is 15.9 Å². The molecule has 0 bridgehead atoms. The van der Waals surface area contributed by atoms with Crippen LogP contribution in [0.2, 0.25) is 0 Å². The van der Waals surface area contributed by atoms with Crippen LogP contribution in [0, 0.1) is 0 Å². The van der Waals surface area contributed by atoms with E-state index >= 15 is 0 Å². The molecule has 3 rings (SSSR count). The van der Waals surface area contributed by atoms with Gasteiger partial charge in [0, 0.05) is 6.20 Å². The molecule has 1 aromatic rings. The summed E-state index contributed by atoms with van der Waals surface area (Å²) in [5, 5.41) is 3.18. The van der Waals surface area contributed by atoms with Crippen LogP contribution in [-0.2, 0) is 10.0 Å². The minimum Gasteiger partial charge on any atom is -0.488 e. The molecule has 1 saturated heterocycles. The van der Waals surface area contributed by atoms with Gasteiger partial charge in [0.25, 0.3) is 5.91 Å². The van der Waals surface area contributed by atoms with Gasteiger partial charge in [-0.25, -0.2) is 13.1 Å². The summed E-state index contributed by atoms with van der Waals surface area (Å²) < 4.78 is 33.2. The van der Waals surface area contributed by atoms with Gasteiger partial charge in [0.15, 0.2) is 5.75 Å². The molecule has 20 heavy (non-hydrogen) atoms. The molecule has 2 aliphatic heterocycles. The van der Waals surface area contributed by atoms with E-state index in [9.17, 15) is 13.2 Å². The number of ether oxygens (including phenoxy) is 1. The predicted octanol–water partition coefficient (Wildman–Crippen LogP) is -1.09. The minimum absolute atomic E-state index is 0.0143. The van der Waals surface area contributed by atoms with Gasteiger partial charge in [-0.2, -0.15) is 0 Å². The first-order valence-corrected chi connectivity index (χ1v) is 7.81. The number of sulfonamides is 1. The van der Waals surface area contributed by atoms with Crippen LogP contribution in [0.25, 0.3) is 0 Å². The first-order valence-electron chi connectivity index (χ1n) is 6.32. The highest BCUT2D eigenvalue weighted by molar-refractivity contribution is 7.89. The van der Waals surface area contributed by atoms with Crippen LogP contribution < -0.4 is 20.5 Å². The predicted molar refractivity (Wildman–Crippen MR) is 70.0 cm³/mol. The molecule has 9 heteroatoms. The molecule has 8 nitrogen and oxygen atoms in total. The van der Waals surface area contributed by atoms with Crippen LogP contribution in [0.1, 0.15) is 23.3 Å². The van der Waals surface area contributed by atoms with E-state index in [1.54, 1.807) is 0 Å². The first-order chi connectivity index (χ1) is 9.44. The number of aromatic nitrogens is 1. The summed E-state index contributed by atoms with van der Waals surface area (Å²) in [6, 6.07) is 0. The lowest BCUT2D eigenvalue weighted by Gasteiger charge is -2.35. The van der Waals surface area contributed by atoms with Crippen LogP contribution in [0.5, 0.6) is 5.75 Å². The number of hydrogen-bond donors (Lipinski definition) is 4. The van der Waals surface area contributed by atoms with Crippen LogP contribution in [0.3, 0.4) is 0 Å². The zero-order valence-corrected chi connectivity index (χ0v) is 11.5. The number of carbonyl (C=O) groups is 1. The highest BCUT2D eigenvalue weighted by atomic mass is 32.2. The monoisotopic (exact) mass is 300 g/mol. The molecule has 1 aromatic heterocycles. The van der Waals surface area contributed by atoms with E-state index in [1.165, 1.54) is 6.20 Å². The summed E-state index contributed by atoms with van der Waals surface area (Å²) in [5.74, 6) is -0.733. The molecule has 0 saturated carbocycles. The average molecular weight is 300 g/mol. The van der Waals surface area contributed by atoms with Crippen molar-refractivity contribution in [2.45, 2.75) is 23.3 Å². The third-order valence-corrected chi connectivity index (χ3v) is 5.32. The Morgan fingerprint density at radius 1 is 1.35 bits per heavy atom. The third kappa shape index (κ3) is 2.07. The van der Waals surface area contributed by atoms with Gasteiger partial charge in [-0.3, -0.25) is 4.79 Å². The van der Waals surface area contributed by atoms with Gasteiger partial charge in [0.05, 0.1) is 5.54 Å². The van der Waals surface area contributed by atoms with Crippen molar-refractivity contribution < 1.29 is 17.9 Å². The van der Waals surface area contributed by atoms with E-state index in [2.05, 4.69) is 15.0 Å². The summed E-state index contributed by atoms with van der Waals surface area (Å²) in [6.07, 6.45) is 2.50. The van der Waals surface area contributed by atoms with Crippen LogP contribution >= 0.6 is 0 Å². The topological polar surface area (TPSA) is 126 Å². The molecule has 1 fully saturated rings. The maximum atomic E-state index is 12.4. The first kappa shape index (κ1) is 13.4. The second-order valence-corrected chi connectivity index (χ2v) is 6.80. The SMILES string of the molecule is NC(=O)c1[nH]cc2c1OCC1(CCNCC1)NS2(=O)=O. The van der Waals surface area contributed by atoms with Crippen LogP contribution in [0.4, 0.5) is 0 Å². The van der Waals surface area contributed by atoms with Gasteiger partial charge < -0.3 is 20.8 Å². The Bertz CT molecular complexity index is 645. The fourth-order valence-electron chi connectivity index (χ4n) is 2.65. The normalized spacial score (nSPS) is 23.6. The number of primary amides is 1. The Hall–Kier alpha value is -1.58. The number of nitrogens with two attached hydrogens (primary N) is 1. The Morgan fingerprint density at radius 3 is 2.70 bits per heavy atom. The zero-order chi connectivity index (χ0) is 14.4. The van der Waals surface area contributed by atoms with Crippen LogP contribution in [0.15, 0.2) is 11.1 Å². The molecule has 0 aromatic carbocycles. The molecule has 110 valence electrons. The number of aromatic amines is 1. The number of amides is 1. The van der Waals surface area contributed by atoms with E-state index in [-0.39, 0.29) is 22.9 Å². The Labute approximate surface area is 116 Å². The van der Waals surface area contributed by atoms with Gasteiger partial charge in [-0.15, -0.1) is 0 Å². The van der Waals surface area contributed by atoms with E-state index < -0.39 is 21.5 Å². The van der Waals surface area contributed by atoms with Gasteiger partial charge in [0.1, 0.15) is 17.2 Å². The molecular weight excluding hydrogens is 284 g/mol. The van der Waals surface area contributed by atoms with Gasteiger partial charge in [-0.1, -0.05) is 0 Å². The summed E-state index contributed by atoms with van der Waals surface area (Å²) in [5.41, 5.74) is 4.57. The fourth-order valence-corrected chi connectivity index (χ4v) is 4.21. The van der Waals surface area contributed by atoms with Crippen molar-refractivity contribution in [3.05, 3.63) is 11.9 Å². The Balaban J connectivity index is 2.04. The minimum atomic E-state index is -3.74. The number of hydrogen-bond acceptors (Lipinski definition) is 5. The molecular formula is C11H16N4O4S. The van der Waals surface area contributed by atoms with Crippen molar-refractivity contribution in [1.82, 2.24) is 15.0 Å². The quantitative estimate of drug-likeness (QED) is 0.524. The lowest BCUT2D eigenvalue weighted by molar-refractivity contribution is 0.0987. The maximum absolute atomic E-state index is 12.4. The zero-order valence-electron chi connectivity index (χ0n) is 10.7. The second kappa shape index (κ2) is 4.47. The number of fused-ring (bicyclic) bond motifs is 1. The number of carbonyl (C=O) groups excluding carboxylic acids is 1.